The molecule has 158 valence electrons. The van der Waals surface area contributed by atoms with Crippen LogP contribution in [0.1, 0.15) is 29.5 Å². The number of rotatable bonds is 4. The molecule has 0 aromatic heterocycles. The van der Waals surface area contributed by atoms with Crippen LogP contribution in [-0.2, 0) is 11.2 Å². The molecular formula is C21H19F3N2O4. The molecule has 0 bridgehead atoms. The summed E-state index contributed by atoms with van der Waals surface area (Å²) in [7, 11) is 0. The summed E-state index contributed by atoms with van der Waals surface area (Å²) in [5, 5.41) is 14.4. The fourth-order valence-electron chi connectivity index (χ4n) is 3.39. The highest BCUT2D eigenvalue weighted by molar-refractivity contribution is 6.03. The number of alkyl halides is 3. The molecule has 0 saturated carbocycles. The lowest BCUT2D eigenvalue weighted by Crippen LogP contribution is -2.56. The van der Waals surface area contributed by atoms with Crippen LogP contribution in [-0.4, -0.2) is 40.4 Å². The van der Waals surface area contributed by atoms with Gasteiger partial charge in [-0.15, -0.1) is 0 Å². The summed E-state index contributed by atoms with van der Waals surface area (Å²) in [6, 6.07) is 11.8. The van der Waals surface area contributed by atoms with Crippen molar-refractivity contribution in [2.45, 2.75) is 38.1 Å². The van der Waals surface area contributed by atoms with Crippen LogP contribution in [0.4, 0.5) is 13.2 Å². The fraction of sp³-hybridized carbons (Fsp3) is 0.333. The molecule has 2 aliphatic rings. The van der Waals surface area contributed by atoms with Crippen LogP contribution in [0.3, 0.4) is 0 Å². The number of nitrogens with zero attached hydrogens (tertiary/aromatic N) is 2. The van der Waals surface area contributed by atoms with Crippen LogP contribution in [0.25, 0.3) is 0 Å². The number of hydrazone groups is 1. The normalized spacial score (nSPS) is 20.4. The van der Waals surface area contributed by atoms with Crippen molar-refractivity contribution in [3.05, 3.63) is 59.2 Å². The monoisotopic (exact) mass is 420 g/mol. The molecule has 0 fully saturated rings. The molecule has 1 atom stereocenters. The van der Waals surface area contributed by atoms with Gasteiger partial charge in [-0.05, 0) is 36.6 Å². The maximum Gasteiger partial charge on any atom is 0.438 e. The highest BCUT2D eigenvalue weighted by atomic mass is 19.4. The molecular weight excluding hydrogens is 401 g/mol. The molecule has 2 aromatic rings. The van der Waals surface area contributed by atoms with Crippen molar-refractivity contribution in [1.82, 2.24) is 5.01 Å². The van der Waals surface area contributed by atoms with Gasteiger partial charge in [0, 0.05) is 6.42 Å². The van der Waals surface area contributed by atoms with Crippen molar-refractivity contribution in [1.29, 1.82) is 0 Å². The van der Waals surface area contributed by atoms with E-state index in [0.29, 0.717) is 22.6 Å². The van der Waals surface area contributed by atoms with Gasteiger partial charge >= 0.3 is 6.18 Å². The number of aryl methyl sites for hydroxylation is 2. The smallest absolute Gasteiger partial charge is 0.438 e. The Morgan fingerprint density at radius 2 is 1.87 bits per heavy atom. The zero-order chi connectivity index (χ0) is 21.5. The standard InChI is InChI=1S/C21H19F3N2O4/c1-13-2-6-15(7-3-13)16-11-20(28,21(22,23)24)26(25-16)19(27)9-5-14-4-8-17-18(10-14)30-12-29-17/h2-4,6-8,10,28H,5,9,11-12H2,1H3/t20-/m1/s1. The predicted octanol–water partition coefficient (Wildman–Crippen LogP) is 3.54. The largest absolute Gasteiger partial charge is 0.454 e. The second-order valence-corrected chi connectivity index (χ2v) is 7.30. The number of carbonyl (C=O) groups excluding carboxylic acids is 1. The van der Waals surface area contributed by atoms with Gasteiger partial charge in [0.05, 0.1) is 12.1 Å². The lowest BCUT2D eigenvalue weighted by molar-refractivity contribution is -0.302. The Morgan fingerprint density at radius 1 is 1.17 bits per heavy atom. The van der Waals surface area contributed by atoms with E-state index in [4.69, 9.17) is 9.47 Å². The molecule has 0 spiro atoms. The Labute approximate surface area is 170 Å². The first-order valence-corrected chi connectivity index (χ1v) is 9.32. The molecule has 9 heteroatoms. The molecule has 2 heterocycles. The van der Waals surface area contributed by atoms with E-state index in [0.717, 1.165) is 5.56 Å². The van der Waals surface area contributed by atoms with Crippen LogP contribution in [0.15, 0.2) is 47.6 Å². The predicted molar refractivity (Wildman–Crippen MR) is 101 cm³/mol. The van der Waals surface area contributed by atoms with E-state index in [1.807, 2.05) is 6.92 Å². The summed E-state index contributed by atoms with van der Waals surface area (Å²) in [5.41, 5.74) is -1.31. The van der Waals surface area contributed by atoms with Crippen molar-refractivity contribution >= 4 is 11.6 Å². The van der Waals surface area contributed by atoms with Crippen LogP contribution < -0.4 is 9.47 Å². The number of benzene rings is 2. The third-order valence-corrected chi connectivity index (χ3v) is 5.12. The maximum atomic E-state index is 13.7. The molecule has 2 aromatic carbocycles. The third-order valence-electron chi connectivity index (χ3n) is 5.12. The van der Waals surface area contributed by atoms with Crippen molar-refractivity contribution in [2.24, 2.45) is 5.10 Å². The zero-order valence-electron chi connectivity index (χ0n) is 16.1. The minimum Gasteiger partial charge on any atom is -0.454 e. The minimum atomic E-state index is -5.06. The molecule has 0 radical (unpaired) electrons. The van der Waals surface area contributed by atoms with E-state index in [1.165, 1.54) is 0 Å². The Morgan fingerprint density at radius 3 is 2.57 bits per heavy atom. The molecule has 0 aliphatic carbocycles. The lowest BCUT2D eigenvalue weighted by Gasteiger charge is -2.32. The summed E-state index contributed by atoms with van der Waals surface area (Å²) in [6.07, 6.45) is -5.98. The van der Waals surface area contributed by atoms with Gasteiger partial charge in [-0.2, -0.15) is 23.3 Å². The Hall–Kier alpha value is -3.07. The van der Waals surface area contributed by atoms with Crippen molar-refractivity contribution < 1.29 is 32.5 Å². The summed E-state index contributed by atoms with van der Waals surface area (Å²) in [4.78, 5) is 12.6. The van der Waals surface area contributed by atoms with Crippen molar-refractivity contribution in [2.75, 3.05) is 6.79 Å². The Bertz CT molecular complexity index is 1000. The molecule has 0 saturated heterocycles. The van der Waals surface area contributed by atoms with Crippen LogP contribution >= 0.6 is 0 Å². The second-order valence-electron chi connectivity index (χ2n) is 7.30. The van der Waals surface area contributed by atoms with Gasteiger partial charge < -0.3 is 14.6 Å². The molecule has 30 heavy (non-hydrogen) atoms. The number of aliphatic hydroxyl groups is 1. The van der Waals surface area contributed by atoms with E-state index in [-0.39, 0.29) is 30.4 Å². The highest BCUT2D eigenvalue weighted by Crippen LogP contribution is 2.42. The summed E-state index contributed by atoms with van der Waals surface area (Å²) >= 11 is 0. The van der Waals surface area contributed by atoms with Gasteiger partial charge in [0.25, 0.3) is 5.72 Å². The molecule has 4 rings (SSSR count). The second kappa shape index (κ2) is 7.32. The SMILES string of the molecule is Cc1ccc(C2=NN(C(=O)CCc3ccc4c(c3)OCO4)[C@](O)(C(F)(F)F)C2)cc1. The number of amides is 1. The van der Waals surface area contributed by atoms with Gasteiger partial charge in [0.15, 0.2) is 11.5 Å². The first kappa shape index (κ1) is 20.2. The van der Waals surface area contributed by atoms with E-state index in [1.54, 1.807) is 42.5 Å². The van der Waals surface area contributed by atoms with Gasteiger partial charge in [0.2, 0.25) is 12.7 Å². The molecule has 1 amide bonds. The van der Waals surface area contributed by atoms with E-state index in [2.05, 4.69) is 5.10 Å². The minimum absolute atomic E-state index is 0.00579. The molecule has 6 nitrogen and oxygen atoms in total. The van der Waals surface area contributed by atoms with Crippen LogP contribution in [0, 0.1) is 6.92 Å². The van der Waals surface area contributed by atoms with Gasteiger partial charge in [0.1, 0.15) is 0 Å². The van der Waals surface area contributed by atoms with Gasteiger partial charge in [-0.3, -0.25) is 4.79 Å². The molecule has 0 unspecified atom stereocenters. The summed E-state index contributed by atoms with van der Waals surface area (Å²) in [5.74, 6) is 0.172. The number of ether oxygens (including phenoxy) is 2. The Balaban J connectivity index is 1.55. The lowest BCUT2D eigenvalue weighted by atomic mass is 10.00. The van der Waals surface area contributed by atoms with E-state index < -0.39 is 24.2 Å². The van der Waals surface area contributed by atoms with Crippen LogP contribution in [0.2, 0.25) is 0 Å². The topological polar surface area (TPSA) is 71.4 Å². The summed E-state index contributed by atoms with van der Waals surface area (Å²) in [6.45, 7) is 1.94. The number of fused-ring (bicyclic) bond motifs is 1. The first-order valence-electron chi connectivity index (χ1n) is 9.32. The maximum absolute atomic E-state index is 13.7. The van der Waals surface area contributed by atoms with Gasteiger partial charge in [-0.1, -0.05) is 35.9 Å². The number of hydrogen-bond acceptors (Lipinski definition) is 5. The number of carbonyl (C=O) groups is 1. The van der Waals surface area contributed by atoms with Gasteiger partial charge in [-0.25, -0.2) is 0 Å². The average Bonchev–Trinajstić information content (AvgIpc) is 3.31. The zero-order valence-corrected chi connectivity index (χ0v) is 16.1. The van der Waals surface area contributed by atoms with Crippen molar-refractivity contribution in [3.8, 4) is 11.5 Å². The number of hydrogen-bond donors (Lipinski definition) is 1. The van der Waals surface area contributed by atoms with Crippen molar-refractivity contribution in [3.63, 3.8) is 0 Å². The van der Waals surface area contributed by atoms with Crippen LogP contribution in [0.5, 0.6) is 11.5 Å². The Kier molecular flexibility index (Phi) is 4.93. The number of halogens is 3. The third kappa shape index (κ3) is 3.60. The quantitative estimate of drug-likeness (QED) is 0.822. The molecule has 1 N–H and O–H groups in total. The highest BCUT2D eigenvalue weighted by Gasteiger charge is 2.63. The molecule has 2 aliphatic heterocycles. The van der Waals surface area contributed by atoms with E-state index >= 15 is 0 Å². The van der Waals surface area contributed by atoms with E-state index in [9.17, 15) is 23.1 Å². The first-order chi connectivity index (χ1) is 14.2. The summed E-state index contributed by atoms with van der Waals surface area (Å²) < 4.78 is 51.5. The fourth-order valence-corrected chi connectivity index (χ4v) is 3.39. The average molecular weight is 420 g/mol.